The van der Waals surface area contributed by atoms with Crippen molar-refractivity contribution in [2.45, 2.75) is 13.1 Å². The quantitative estimate of drug-likeness (QED) is 0.849. The highest BCUT2D eigenvalue weighted by Crippen LogP contribution is 2.37. The number of methoxy groups -OCH3 is 3. The van der Waals surface area contributed by atoms with Crippen LogP contribution in [0.2, 0.25) is 5.02 Å². The number of rotatable bonds is 7. The first-order chi connectivity index (χ1) is 10.7. The molecule has 1 aromatic carbocycles. The Morgan fingerprint density at radius 1 is 1.05 bits per heavy atom. The van der Waals surface area contributed by atoms with Crippen molar-refractivity contribution in [3.05, 3.63) is 46.6 Å². The van der Waals surface area contributed by atoms with E-state index in [1.54, 1.807) is 27.5 Å². The van der Waals surface area contributed by atoms with Gasteiger partial charge in [0.25, 0.3) is 0 Å². The molecule has 1 aromatic heterocycles. The first-order valence-electron chi connectivity index (χ1n) is 6.78. The van der Waals surface area contributed by atoms with Gasteiger partial charge in [0, 0.05) is 25.4 Å². The van der Waals surface area contributed by atoms with Gasteiger partial charge in [0.15, 0.2) is 11.5 Å². The summed E-state index contributed by atoms with van der Waals surface area (Å²) < 4.78 is 15.6. The molecule has 0 bridgehead atoms. The van der Waals surface area contributed by atoms with Crippen LogP contribution in [0.5, 0.6) is 17.4 Å². The SMILES string of the molecule is COc1cc(CNCc2ccc(OC)c(OC)c2Cl)ccn1. The second kappa shape index (κ2) is 7.87. The third kappa shape index (κ3) is 3.81. The fourth-order valence-electron chi connectivity index (χ4n) is 2.08. The Hall–Kier alpha value is -1.98. The number of halogens is 1. The van der Waals surface area contributed by atoms with Crippen LogP contribution in [0.3, 0.4) is 0 Å². The smallest absolute Gasteiger partial charge is 0.213 e. The van der Waals surface area contributed by atoms with Crippen LogP contribution in [0.4, 0.5) is 0 Å². The van der Waals surface area contributed by atoms with Crippen LogP contribution in [0.15, 0.2) is 30.5 Å². The molecular weight excluding hydrogens is 304 g/mol. The van der Waals surface area contributed by atoms with E-state index < -0.39 is 0 Å². The minimum absolute atomic E-state index is 0.550. The van der Waals surface area contributed by atoms with Crippen LogP contribution in [0.25, 0.3) is 0 Å². The Kier molecular flexibility index (Phi) is 5.86. The normalized spacial score (nSPS) is 10.4. The average molecular weight is 323 g/mol. The van der Waals surface area contributed by atoms with Crippen molar-refractivity contribution in [3.8, 4) is 17.4 Å². The fraction of sp³-hybridized carbons (Fsp3) is 0.312. The van der Waals surface area contributed by atoms with Gasteiger partial charge in [0.05, 0.1) is 26.4 Å². The molecule has 0 aliphatic carbocycles. The molecule has 0 aliphatic rings. The Bertz CT molecular complexity index is 635. The number of hydrogen-bond donors (Lipinski definition) is 1. The Labute approximate surface area is 135 Å². The highest BCUT2D eigenvalue weighted by molar-refractivity contribution is 6.33. The molecule has 0 spiro atoms. The molecule has 2 rings (SSSR count). The summed E-state index contributed by atoms with van der Waals surface area (Å²) in [7, 11) is 4.76. The van der Waals surface area contributed by atoms with E-state index in [1.807, 2.05) is 24.3 Å². The standard InChI is InChI=1S/C16H19ClN2O3/c1-20-13-5-4-12(15(17)16(13)22-3)10-18-9-11-6-7-19-14(8-11)21-2/h4-8,18H,9-10H2,1-3H3. The van der Waals surface area contributed by atoms with Crippen LogP contribution in [-0.4, -0.2) is 26.3 Å². The van der Waals surface area contributed by atoms with E-state index in [0.29, 0.717) is 35.5 Å². The summed E-state index contributed by atoms with van der Waals surface area (Å²) in [6.07, 6.45) is 1.72. The number of nitrogens with zero attached hydrogens (tertiary/aromatic N) is 1. The van der Waals surface area contributed by atoms with Crippen molar-refractivity contribution >= 4 is 11.6 Å². The summed E-state index contributed by atoms with van der Waals surface area (Å²) in [6, 6.07) is 7.59. The van der Waals surface area contributed by atoms with E-state index in [-0.39, 0.29) is 0 Å². The van der Waals surface area contributed by atoms with Crippen LogP contribution in [0, 0.1) is 0 Å². The number of aromatic nitrogens is 1. The molecule has 0 fully saturated rings. The lowest BCUT2D eigenvalue weighted by Crippen LogP contribution is -2.13. The van der Waals surface area contributed by atoms with Crippen molar-refractivity contribution in [3.63, 3.8) is 0 Å². The van der Waals surface area contributed by atoms with Crippen molar-refractivity contribution in [1.29, 1.82) is 0 Å². The van der Waals surface area contributed by atoms with E-state index in [4.69, 9.17) is 25.8 Å². The molecular formula is C16H19ClN2O3. The van der Waals surface area contributed by atoms with Gasteiger partial charge in [0.1, 0.15) is 0 Å². The third-order valence-electron chi connectivity index (χ3n) is 3.22. The monoisotopic (exact) mass is 322 g/mol. The largest absolute Gasteiger partial charge is 0.493 e. The number of pyridine rings is 1. The molecule has 0 aliphatic heterocycles. The molecule has 2 aromatic rings. The van der Waals surface area contributed by atoms with Gasteiger partial charge in [-0.15, -0.1) is 0 Å². The summed E-state index contributed by atoms with van der Waals surface area (Å²) >= 11 is 6.35. The lowest BCUT2D eigenvalue weighted by atomic mass is 10.2. The molecule has 0 amide bonds. The zero-order valence-corrected chi connectivity index (χ0v) is 13.6. The fourth-order valence-corrected chi connectivity index (χ4v) is 2.38. The molecule has 1 N–H and O–H groups in total. The van der Waals surface area contributed by atoms with E-state index in [0.717, 1.165) is 11.1 Å². The summed E-state index contributed by atoms with van der Waals surface area (Å²) in [5, 5.41) is 3.89. The van der Waals surface area contributed by atoms with Gasteiger partial charge in [-0.05, 0) is 23.3 Å². The molecule has 0 radical (unpaired) electrons. The summed E-state index contributed by atoms with van der Waals surface area (Å²) in [5.74, 6) is 1.77. The molecule has 5 nitrogen and oxygen atoms in total. The first-order valence-corrected chi connectivity index (χ1v) is 7.16. The maximum absolute atomic E-state index is 6.35. The highest BCUT2D eigenvalue weighted by Gasteiger charge is 2.12. The predicted molar refractivity (Wildman–Crippen MR) is 85.9 cm³/mol. The predicted octanol–water partition coefficient (Wildman–Crippen LogP) is 3.05. The molecule has 0 saturated carbocycles. The minimum Gasteiger partial charge on any atom is -0.493 e. The molecule has 6 heteroatoms. The van der Waals surface area contributed by atoms with E-state index in [2.05, 4.69) is 10.3 Å². The molecule has 22 heavy (non-hydrogen) atoms. The Morgan fingerprint density at radius 3 is 2.55 bits per heavy atom. The van der Waals surface area contributed by atoms with E-state index >= 15 is 0 Å². The summed E-state index contributed by atoms with van der Waals surface area (Å²) in [5.41, 5.74) is 2.03. The number of ether oxygens (including phenoxy) is 3. The van der Waals surface area contributed by atoms with Gasteiger partial charge in [-0.1, -0.05) is 17.7 Å². The third-order valence-corrected chi connectivity index (χ3v) is 3.63. The van der Waals surface area contributed by atoms with Crippen molar-refractivity contribution < 1.29 is 14.2 Å². The van der Waals surface area contributed by atoms with Gasteiger partial charge < -0.3 is 19.5 Å². The maximum atomic E-state index is 6.35. The van der Waals surface area contributed by atoms with Crippen molar-refractivity contribution in [2.75, 3.05) is 21.3 Å². The van der Waals surface area contributed by atoms with Gasteiger partial charge in [0.2, 0.25) is 5.88 Å². The lowest BCUT2D eigenvalue weighted by Gasteiger charge is -2.13. The van der Waals surface area contributed by atoms with E-state index in [9.17, 15) is 0 Å². The molecule has 0 atom stereocenters. The Morgan fingerprint density at radius 2 is 1.86 bits per heavy atom. The first kappa shape index (κ1) is 16.4. The molecule has 0 saturated heterocycles. The zero-order chi connectivity index (χ0) is 15.9. The second-order valence-corrected chi connectivity index (χ2v) is 4.96. The topological polar surface area (TPSA) is 52.6 Å². The zero-order valence-electron chi connectivity index (χ0n) is 12.9. The van der Waals surface area contributed by atoms with Crippen LogP contribution >= 0.6 is 11.6 Å². The summed E-state index contributed by atoms with van der Waals surface area (Å²) in [4.78, 5) is 4.08. The average Bonchev–Trinajstić information content (AvgIpc) is 2.56. The van der Waals surface area contributed by atoms with Crippen molar-refractivity contribution in [1.82, 2.24) is 10.3 Å². The maximum Gasteiger partial charge on any atom is 0.213 e. The number of benzene rings is 1. The molecule has 118 valence electrons. The van der Waals surface area contributed by atoms with Crippen molar-refractivity contribution in [2.24, 2.45) is 0 Å². The highest BCUT2D eigenvalue weighted by atomic mass is 35.5. The number of nitrogens with one attached hydrogen (secondary N) is 1. The van der Waals surface area contributed by atoms with Crippen LogP contribution in [-0.2, 0) is 13.1 Å². The Balaban J connectivity index is 2.02. The lowest BCUT2D eigenvalue weighted by molar-refractivity contribution is 0.354. The number of hydrogen-bond acceptors (Lipinski definition) is 5. The van der Waals surface area contributed by atoms with E-state index in [1.165, 1.54) is 0 Å². The molecule has 0 unspecified atom stereocenters. The van der Waals surface area contributed by atoms with Gasteiger partial charge in [-0.25, -0.2) is 4.98 Å². The van der Waals surface area contributed by atoms with Crippen LogP contribution in [0.1, 0.15) is 11.1 Å². The van der Waals surface area contributed by atoms with Gasteiger partial charge in [-0.3, -0.25) is 0 Å². The summed E-state index contributed by atoms with van der Waals surface area (Å²) in [6.45, 7) is 1.30. The molecule has 1 heterocycles. The second-order valence-electron chi connectivity index (χ2n) is 4.58. The van der Waals surface area contributed by atoms with Gasteiger partial charge >= 0.3 is 0 Å². The van der Waals surface area contributed by atoms with Crippen LogP contribution < -0.4 is 19.5 Å². The van der Waals surface area contributed by atoms with Gasteiger partial charge in [-0.2, -0.15) is 0 Å². The minimum atomic E-state index is 0.550.